The molecule has 0 heterocycles. The standard InChI is InChI=1S/C11H17FN2O/c1-14(2)7-6-13-11-5-4-9(15-3)8-10(11)12/h4-5,8,13H,6-7H2,1-3H3. The summed E-state index contributed by atoms with van der Waals surface area (Å²) in [7, 11) is 5.48. The molecule has 1 aromatic carbocycles. The summed E-state index contributed by atoms with van der Waals surface area (Å²) in [6, 6.07) is 4.79. The fourth-order valence-electron chi connectivity index (χ4n) is 1.18. The van der Waals surface area contributed by atoms with Gasteiger partial charge in [0.05, 0.1) is 12.8 Å². The quantitative estimate of drug-likeness (QED) is 0.805. The topological polar surface area (TPSA) is 24.5 Å². The minimum Gasteiger partial charge on any atom is -0.497 e. The molecular formula is C11H17FN2O. The van der Waals surface area contributed by atoms with Crippen molar-refractivity contribution in [1.29, 1.82) is 0 Å². The molecule has 0 saturated heterocycles. The zero-order valence-electron chi connectivity index (χ0n) is 9.38. The summed E-state index contributed by atoms with van der Waals surface area (Å²) < 4.78 is 18.3. The summed E-state index contributed by atoms with van der Waals surface area (Å²) in [5.41, 5.74) is 0.512. The molecule has 4 heteroatoms. The van der Waals surface area contributed by atoms with Gasteiger partial charge in [0.1, 0.15) is 11.6 Å². The van der Waals surface area contributed by atoms with Gasteiger partial charge in [-0.2, -0.15) is 0 Å². The fourth-order valence-corrected chi connectivity index (χ4v) is 1.18. The summed E-state index contributed by atoms with van der Waals surface area (Å²) in [5.74, 6) is 0.249. The van der Waals surface area contributed by atoms with Gasteiger partial charge in [-0.25, -0.2) is 4.39 Å². The highest BCUT2D eigenvalue weighted by molar-refractivity contribution is 5.47. The van der Waals surface area contributed by atoms with E-state index >= 15 is 0 Å². The summed E-state index contributed by atoms with van der Waals surface area (Å²) in [4.78, 5) is 2.04. The number of likely N-dealkylation sites (N-methyl/N-ethyl adjacent to an activating group) is 1. The van der Waals surface area contributed by atoms with E-state index in [9.17, 15) is 4.39 Å². The van der Waals surface area contributed by atoms with Gasteiger partial charge in [-0.15, -0.1) is 0 Å². The van der Waals surface area contributed by atoms with Crippen LogP contribution < -0.4 is 10.1 Å². The maximum Gasteiger partial charge on any atom is 0.149 e. The Morgan fingerprint density at radius 1 is 1.40 bits per heavy atom. The molecule has 0 atom stereocenters. The first-order chi connectivity index (χ1) is 7.13. The van der Waals surface area contributed by atoms with E-state index in [0.29, 0.717) is 11.4 Å². The van der Waals surface area contributed by atoms with Crippen molar-refractivity contribution in [2.45, 2.75) is 0 Å². The fraction of sp³-hybridized carbons (Fsp3) is 0.455. The van der Waals surface area contributed by atoms with Crippen molar-refractivity contribution >= 4 is 5.69 Å². The van der Waals surface area contributed by atoms with Crippen molar-refractivity contribution < 1.29 is 9.13 Å². The number of halogens is 1. The zero-order chi connectivity index (χ0) is 11.3. The van der Waals surface area contributed by atoms with Gasteiger partial charge in [0, 0.05) is 19.2 Å². The molecule has 0 bridgehead atoms. The van der Waals surface area contributed by atoms with Gasteiger partial charge in [-0.1, -0.05) is 0 Å². The number of hydrogen-bond donors (Lipinski definition) is 1. The van der Waals surface area contributed by atoms with Gasteiger partial charge in [0.15, 0.2) is 0 Å². The number of benzene rings is 1. The van der Waals surface area contributed by atoms with E-state index in [1.54, 1.807) is 12.1 Å². The largest absolute Gasteiger partial charge is 0.497 e. The number of hydrogen-bond acceptors (Lipinski definition) is 3. The van der Waals surface area contributed by atoms with Crippen LogP contribution in [0.2, 0.25) is 0 Å². The number of nitrogens with zero attached hydrogens (tertiary/aromatic N) is 1. The van der Waals surface area contributed by atoms with E-state index < -0.39 is 0 Å². The average molecular weight is 212 g/mol. The Hall–Kier alpha value is -1.29. The third-order valence-corrected chi connectivity index (χ3v) is 2.05. The van der Waals surface area contributed by atoms with E-state index in [0.717, 1.165) is 13.1 Å². The first-order valence-electron chi connectivity index (χ1n) is 4.85. The first kappa shape index (κ1) is 11.8. The van der Waals surface area contributed by atoms with Gasteiger partial charge in [0.2, 0.25) is 0 Å². The molecule has 1 N–H and O–H groups in total. The van der Waals surface area contributed by atoms with E-state index in [1.807, 2.05) is 19.0 Å². The highest BCUT2D eigenvalue weighted by Gasteiger charge is 2.02. The van der Waals surface area contributed by atoms with Gasteiger partial charge in [0.25, 0.3) is 0 Å². The molecule has 0 aliphatic heterocycles. The van der Waals surface area contributed by atoms with Crippen LogP contribution in [0.4, 0.5) is 10.1 Å². The third-order valence-electron chi connectivity index (χ3n) is 2.05. The Morgan fingerprint density at radius 3 is 2.67 bits per heavy atom. The molecule has 0 saturated carbocycles. The molecule has 84 valence electrons. The summed E-state index contributed by atoms with van der Waals surface area (Å²) >= 11 is 0. The van der Waals surface area contributed by atoms with Crippen LogP contribution in [-0.4, -0.2) is 39.2 Å². The minimum atomic E-state index is -0.284. The highest BCUT2D eigenvalue weighted by atomic mass is 19.1. The van der Waals surface area contributed by atoms with Crippen LogP contribution in [0.25, 0.3) is 0 Å². The molecule has 0 spiro atoms. The predicted molar refractivity (Wildman–Crippen MR) is 60.0 cm³/mol. The van der Waals surface area contributed by atoms with Gasteiger partial charge < -0.3 is 15.0 Å². The van der Waals surface area contributed by atoms with Gasteiger partial charge in [-0.05, 0) is 26.2 Å². The zero-order valence-corrected chi connectivity index (χ0v) is 9.38. The van der Waals surface area contributed by atoms with Crippen LogP contribution in [0, 0.1) is 5.82 Å². The van der Waals surface area contributed by atoms with Gasteiger partial charge in [-0.3, -0.25) is 0 Å². The minimum absolute atomic E-state index is 0.284. The van der Waals surface area contributed by atoms with Crippen LogP contribution in [0.3, 0.4) is 0 Å². The Morgan fingerprint density at radius 2 is 2.13 bits per heavy atom. The maximum absolute atomic E-state index is 13.4. The normalized spacial score (nSPS) is 10.5. The number of anilines is 1. The predicted octanol–water partition coefficient (Wildman–Crippen LogP) is 1.81. The Labute approximate surface area is 89.8 Å². The van der Waals surface area contributed by atoms with Crippen molar-refractivity contribution in [3.8, 4) is 5.75 Å². The molecule has 3 nitrogen and oxygen atoms in total. The molecule has 0 radical (unpaired) electrons. The molecule has 0 aliphatic rings. The molecular weight excluding hydrogens is 195 g/mol. The molecule has 1 rings (SSSR count). The number of methoxy groups -OCH3 is 1. The molecule has 0 aliphatic carbocycles. The van der Waals surface area contributed by atoms with Crippen molar-refractivity contribution in [2.24, 2.45) is 0 Å². The van der Waals surface area contributed by atoms with Crippen molar-refractivity contribution in [1.82, 2.24) is 4.90 Å². The number of ether oxygens (including phenoxy) is 1. The molecule has 15 heavy (non-hydrogen) atoms. The molecule has 0 aromatic heterocycles. The lowest BCUT2D eigenvalue weighted by molar-refractivity contribution is 0.411. The van der Waals surface area contributed by atoms with Crippen LogP contribution >= 0.6 is 0 Å². The molecule has 0 unspecified atom stereocenters. The van der Waals surface area contributed by atoms with Crippen LogP contribution in [-0.2, 0) is 0 Å². The van der Waals surface area contributed by atoms with Crippen molar-refractivity contribution in [2.75, 3.05) is 39.6 Å². The lowest BCUT2D eigenvalue weighted by Gasteiger charge is -2.12. The molecule has 0 amide bonds. The maximum atomic E-state index is 13.4. The summed E-state index contributed by atoms with van der Waals surface area (Å²) in [6.07, 6.45) is 0. The average Bonchev–Trinajstić information content (AvgIpc) is 2.20. The summed E-state index contributed by atoms with van der Waals surface area (Å²) in [6.45, 7) is 1.59. The smallest absolute Gasteiger partial charge is 0.149 e. The summed E-state index contributed by atoms with van der Waals surface area (Å²) in [5, 5.41) is 3.02. The monoisotopic (exact) mass is 212 g/mol. The van der Waals surface area contributed by atoms with Crippen LogP contribution in [0.15, 0.2) is 18.2 Å². The van der Waals surface area contributed by atoms with Gasteiger partial charge >= 0.3 is 0 Å². The second-order valence-corrected chi connectivity index (χ2v) is 3.58. The van der Waals surface area contributed by atoms with Crippen molar-refractivity contribution in [3.63, 3.8) is 0 Å². The molecule has 1 aromatic rings. The number of rotatable bonds is 5. The Balaban J connectivity index is 2.54. The lowest BCUT2D eigenvalue weighted by Crippen LogP contribution is -2.21. The second kappa shape index (κ2) is 5.56. The SMILES string of the molecule is COc1ccc(NCCN(C)C)c(F)c1. The van der Waals surface area contributed by atoms with E-state index in [1.165, 1.54) is 13.2 Å². The second-order valence-electron chi connectivity index (χ2n) is 3.58. The van der Waals surface area contributed by atoms with E-state index in [-0.39, 0.29) is 5.82 Å². The first-order valence-corrected chi connectivity index (χ1v) is 4.85. The Kier molecular flexibility index (Phi) is 4.37. The molecule has 0 fully saturated rings. The Bertz CT molecular complexity index is 315. The lowest BCUT2D eigenvalue weighted by atomic mass is 10.3. The highest BCUT2D eigenvalue weighted by Crippen LogP contribution is 2.19. The van der Waals surface area contributed by atoms with E-state index in [2.05, 4.69) is 5.32 Å². The van der Waals surface area contributed by atoms with Crippen LogP contribution in [0.1, 0.15) is 0 Å². The number of nitrogens with one attached hydrogen (secondary N) is 1. The van der Waals surface area contributed by atoms with Crippen LogP contribution in [0.5, 0.6) is 5.75 Å². The van der Waals surface area contributed by atoms with E-state index in [4.69, 9.17) is 4.74 Å². The van der Waals surface area contributed by atoms with Crippen molar-refractivity contribution in [3.05, 3.63) is 24.0 Å². The third kappa shape index (κ3) is 3.75.